The van der Waals surface area contributed by atoms with Gasteiger partial charge in [0.15, 0.2) is 5.82 Å². The first-order valence-electron chi connectivity index (χ1n) is 7.85. The number of anilines is 1. The Labute approximate surface area is 159 Å². The smallest absolute Gasteiger partial charge is 0.226 e. The molecule has 0 radical (unpaired) electrons. The first-order valence-corrected chi connectivity index (χ1v) is 8.61. The number of rotatable bonds is 6. The number of nitrogens with one attached hydrogen (secondary N) is 1. The molecule has 1 N–H and O–H groups in total. The molecule has 2 aromatic carbocycles. The molecule has 134 valence electrons. The Morgan fingerprint density at radius 3 is 2.69 bits per heavy atom. The predicted octanol–water partition coefficient (Wildman–Crippen LogP) is 5.14. The maximum absolute atomic E-state index is 13.7. The highest BCUT2D eigenvalue weighted by Crippen LogP contribution is 2.22. The van der Waals surface area contributed by atoms with Crippen molar-refractivity contribution in [1.82, 2.24) is 10.1 Å². The first kappa shape index (κ1) is 18.4. The molecule has 0 saturated heterocycles. The number of aromatic nitrogens is 2. The minimum absolute atomic E-state index is 0.0385. The van der Waals surface area contributed by atoms with Gasteiger partial charge >= 0.3 is 0 Å². The molecule has 3 rings (SSSR count). The molecule has 0 spiro atoms. The van der Waals surface area contributed by atoms with E-state index in [0.717, 1.165) is 5.56 Å². The minimum Gasteiger partial charge on any atom is -0.339 e. The monoisotopic (exact) mass is 393 g/mol. The van der Waals surface area contributed by atoms with Gasteiger partial charge in [0.1, 0.15) is 0 Å². The second kappa shape index (κ2) is 8.29. The summed E-state index contributed by atoms with van der Waals surface area (Å²) in [4.78, 5) is 16.2. The summed E-state index contributed by atoms with van der Waals surface area (Å²) in [5, 5.41) is 6.99. The van der Waals surface area contributed by atoms with Crippen molar-refractivity contribution in [2.24, 2.45) is 0 Å². The Hall–Kier alpha value is -2.44. The maximum Gasteiger partial charge on any atom is 0.226 e. The predicted molar refractivity (Wildman–Crippen MR) is 97.7 cm³/mol. The van der Waals surface area contributed by atoms with Gasteiger partial charge in [-0.2, -0.15) is 4.98 Å². The fraction of sp³-hybridized carbons (Fsp3) is 0.167. The van der Waals surface area contributed by atoms with Gasteiger partial charge in [0.05, 0.1) is 10.7 Å². The van der Waals surface area contributed by atoms with Crippen molar-refractivity contribution in [3.63, 3.8) is 0 Å². The molecule has 0 fully saturated rings. The van der Waals surface area contributed by atoms with Gasteiger partial charge in [-0.25, -0.2) is 4.39 Å². The molecule has 26 heavy (non-hydrogen) atoms. The molecule has 0 unspecified atom stereocenters. The third kappa shape index (κ3) is 4.59. The number of carbonyl (C=O) groups is 1. The van der Waals surface area contributed by atoms with Crippen LogP contribution in [0.2, 0.25) is 10.0 Å². The highest BCUT2D eigenvalue weighted by Gasteiger charge is 2.12. The van der Waals surface area contributed by atoms with Crippen molar-refractivity contribution in [3.8, 4) is 11.4 Å². The van der Waals surface area contributed by atoms with Crippen molar-refractivity contribution in [2.45, 2.75) is 19.3 Å². The first-order chi connectivity index (χ1) is 12.5. The average Bonchev–Trinajstić information content (AvgIpc) is 3.08. The molecule has 0 aliphatic rings. The van der Waals surface area contributed by atoms with Crippen LogP contribution in [0.3, 0.4) is 0 Å². The molecule has 8 heteroatoms. The van der Waals surface area contributed by atoms with E-state index < -0.39 is 5.82 Å². The Morgan fingerprint density at radius 1 is 1.15 bits per heavy atom. The Kier molecular flexibility index (Phi) is 5.85. The van der Waals surface area contributed by atoms with Crippen LogP contribution >= 0.6 is 23.2 Å². The fourth-order valence-corrected chi connectivity index (χ4v) is 2.59. The molecule has 5 nitrogen and oxygen atoms in total. The summed E-state index contributed by atoms with van der Waals surface area (Å²) in [6.07, 6.45) is 1.10. The van der Waals surface area contributed by atoms with Crippen molar-refractivity contribution >= 4 is 34.8 Å². The number of halogens is 3. The molecule has 3 aromatic rings. The molecule has 0 bridgehead atoms. The summed E-state index contributed by atoms with van der Waals surface area (Å²) in [5.41, 5.74) is 0.851. The fourth-order valence-electron chi connectivity index (χ4n) is 2.29. The summed E-state index contributed by atoms with van der Waals surface area (Å²) in [6.45, 7) is 0. The van der Waals surface area contributed by atoms with Gasteiger partial charge in [0.25, 0.3) is 0 Å². The number of nitrogens with zero attached hydrogens (tertiary/aromatic N) is 2. The average molecular weight is 394 g/mol. The van der Waals surface area contributed by atoms with Crippen LogP contribution in [0.5, 0.6) is 0 Å². The van der Waals surface area contributed by atoms with Crippen LogP contribution < -0.4 is 5.32 Å². The van der Waals surface area contributed by atoms with E-state index in [1.54, 1.807) is 30.3 Å². The van der Waals surface area contributed by atoms with Crippen LogP contribution in [0.1, 0.15) is 18.7 Å². The van der Waals surface area contributed by atoms with E-state index in [4.69, 9.17) is 27.7 Å². The van der Waals surface area contributed by atoms with E-state index in [1.165, 1.54) is 12.1 Å². The SMILES string of the molecule is O=C(CCCc1nc(-c2ccc(Cl)cc2)no1)Nc1cccc(Cl)c1F. The van der Waals surface area contributed by atoms with Crippen LogP contribution in [0.4, 0.5) is 10.1 Å². The van der Waals surface area contributed by atoms with Crippen LogP contribution in [-0.2, 0) is 11.2 Å². The highest BCUT2D eigenvalue weighted by atomic mass is 35.5. The second-order valence-electron chi connectivity index (χ2n) is 5.52. The lowest BCUT2D eigenvalue weighted by atomic mass is 10.2. The highest BCUT2D eigenvalue weighted by molar-refractivity contribution is 6.31. The standard InChI is InChI=1S/C18H14Cl2FN3O2/c19-12-9-7-11(8-10-12)18-23-16(26-24-18)6-2-5-15(25)22-14-4-1-3-13(20)17(14)21/h1,3-4,7-10H,2,5-6H2,(H,22,25). The normalized spacial score (nSPS) is 10.7. The van der Waals surface area contributed by atoms with Gasteiger partial charge in [-0.3, -0.25) is 4.79 Å². The molecule has 1 heterocycles. The number of amides is 1. The molecule has 1 aromatic heterocycles. The largest absolute Gasteiger partial charge is 0.339 e. The van der Waals surface area contributed by atoms with Crippen LogP contribution in [0, 0.1) is 5.82 Å². The van der Waals surface area contributed by atoms with E-state index in [0.29, 0.717) is 29.6 Å². The zero-order chi connectivity index (χ0) is 18.5. The van der Waals surface area contributed by atoms with E-state index in [2.05, 4.69) is 15.5 Å². The Balaban J connectivity index is 1.51. The molecular weight excluding hydrogens is 380 g/mol. The minimum atomic E-state index is -0.646. The lowest BCUT2D eigenvalue weighted by Crippen LogP contribution is -2.12. The van der Waals surface area contributed by atoms with E-state index in [-0.39, 0.29) is 23.0 Å². The van der Waals surface area contributed by atoms with Crippen molar-refractivity contribution in [1.29, 1.82) is 0 Å². The molecule has 0 aliphatic heterocycles. The third-order valence-corrected chi connectivity index (χ3v) is 4.13. The Bertz CT molecular complexity index is 913. The van der Waals surface area contributed by atoms with Gasteiger partial charge in [-0.05, 0) is 42.8 Å². The summed E-state index contributed by atoms with van der Waals surface area (Å²) in [5.74, 6) is -0.0746. The van der Waals surface area contributed by atoms with Crippen LogP contribution in [0.25, 0.3) is 11.4 Å². The summed E-state index contributed by atoms with van der Waals surface area (Å²) in [6, 6.07) is 11.5. The molecule has 1 amide bonds. The zero-order valence-electron chi connectivity index (χ0n) is 13.5. The number of hydrogen-bond acceptors (Lipinski definition) is 4. The number of hydrogen-bond donors (Lipinski definition) is 1. The topological polar surface area (TPSA) is 68.0 Å². The van der Waals surface area contributed by atoms with Crippen molar-refractivity contribution in [3.05, 3.63) is 64.2 Å². The van der Waals surface area contributed by atoms with Gasteiger partial charge < -0.3 is 9.84 Å². The van der Waals surface area contributed by atoms with Gasteiger partial charge in [0, 0.05) is 23.4 Å². The van der Waals surface area contributed by atoms with Gasteiger partial charge in [-0.15, -0.1) is 0 Å². The van der Waals surface area contributed by atoms with Crippen molar-refractivity contribution in [2.75, 3.05) is 5.32 Å². The lowest BCUT2D eigenvalue weighted by molar-refractivity contribution is -0.116. The maximum atomic E-state index is 13.7. The molecule has 0 saturated carbocycles. The molecule has 0 aliphatic carbocycles. The number of carbonyl (C=O) groups excluding carboxylic acids is 1. The van der Waals surface area contributed by atoms with Gasteiger partial charge in [-0.1, -0.05) is 34.4 Å². The summed E-state index contributed by atoms with van der Waals surface area (Å²) in [7, 11) is 0. The van der Waals surface area contributed by atoms with Crippen LogP contribution in [0.15, 0.2) is 47.0 Å². The van der Waals surface area contributed by atoms with E-state index >= 15 is 0 Å². The lowest BCUT2D eigenvalue weighted by Gasteiger charge is -2.06. The molecular formula is C18H14Cl2FN3O2. The van der Waals surface area contributed by atoms with Gasteiger partial charge in [0.2, 0.25) is 17.6 Å². The zero-order valence-corrected chi connectivity index (χ0v) is 15.0. The number of aryl methyl sites for hydroxylation is 1. The van der Waals surface area contributed by atoms with Crippen LogP contribution in [-0.4, -0.2) is 16.0 Å². The summed E-state index contributed by atoms with van der Waals surface area (Å²) >= 11 is 11.5. The molecule has 0 atom stereocenters. The Morgan fingerprint density at radius 2 is 1.92 bits per heavy atom. The van der Waals surface area contributed by atoms with E-state index in [1.807, 2.05) is 0 Å². The third-order valence-electron chi connectivity index (χ3n) is 3.59. The number of benzene rings is 2. The van der Waals surface area contributed by atoms with E-state index in [9.17, 15) is 9.18 Å². The summed E-state index contributed by atoms with van der Waals surface area (Å²) < 4.78 is 18.9. The quantitative estimate of drug-likeness (QED) is 0.628. The van der Waals surface area contributed by atoms with Crippen molar-refractivity contribution < 1.29 is 13.7 Å². The second-order valence-corrected chi connectivity index (χ2v) is 6.37.